The van der Waals surface area contributed by atoms with Gasteiger partial charge in [0.15, 0.2) is 5.84 Å². The van der Waals surface area contributed by atoms with Gasteiger partial charge in [0.05, 0.1) is 0 Å². The molecule has 0 bridgehead atoms. The van der Waals surface area contributed by atoms with Crippen LogP contribution in [0.2, 0.25) is 0 Å². The molecule has 1 heterocycles. The van der Waals surface area contributed by atoms with Crippen molar-refractivity contribution in [3.05, 3.63) is 83.4 Å². The number of hydrogen-bond acceptors (Lipinski definition) is 2. The molecule has 25 heavy (non-hydrogen) atoms. The molecule has 4 aromatic rings. The zero-order valence-electron chi connectivity index (χ0n) is 14.0. The minimum atomic E-state index is -0.0164. The molecule has 4 heteroatoms. The van der Waals surface area contributed by atoms with Gasteiger partial charge in [0.1, 0.15) is 0 Å². The summed E-state index contributed by atoms with van der Waals surface area (Å²) in [5.74, 6) is -0.0164. The first kappa shape index (κ1) is 15.3. The Balaban J connectivity index is 1.94. The van der Waals surface area contributed by atoms with Crippen molar-refractivity contribution in [3.63, 3.8) is 0 Å². The van der Waals surface area contributed by atoms with Crippen LogP contribution < -0.4 is 0 Å². The van der Waals surface area contributed by atoms with Crippen LogP contribution in [-0.2, 0) is 6.54 Å². The van der Waals surface area contributed by atoms with Crippen molar-refractivity contribution < 1.29 is 0 Å². The van der Waals surface area contributed by atoms with Gasteiger partial charge in [0.25, 0.3) is 0 Å². The van der Waals surface area contributed by atoms with Gasteiger partial charge < -0.3 is 4.57 Å². The molecule has 0 aliphatic heterocycles. The lowest BCUT2D eigenvalue weighted by atomic mass is 10.1. The van der Waals surface area contributed by atoms with Crippen molar-refractivity contribution in [2.45, 2.75) is 13.5 Å². The average Bonchev–Trinajstić information content (AvgIpc) is 2.96. The maximum absolute atomic E-state index is 7.81. The van der Waals surface area contributed by atoms with Crippen molar-refractivity contribution in [1.29, 1.82) is 10.9 Å². The van der Waals surface area contributed by atoms with Crippen molar-refractivity contribution >= 4 is 27.6 Å². The first-order valence-corrected chi connectivity index (χ1v) is 8.20. The van der Waals surface area contributed by atoms with Gasteiger partial charge in [-0.25, -0.2) is 5.53 Å². The Bertz CT molecular complexity index is 1100. The fourth-order valence-electron chi connectivity index (χ4n) is 3.31. The summed E-state index contributed by atoms with van der Waals surface area (Å²) in [5.41, 5.74) is 12.6. The summed E-state index contributed by atoms with van der Waals surface area (Å²) in [5, 5.41) is 13.3. The lowest BCUT2D eigenvalue weighted by Crippen LogP contribution is -2.00. The third-order valence-electron chi connectivity index (χ3n) is 4.62. The van der Waals surface area contributed by atoms with E-state index in [1.165, 1.54) is 16.6 Å². The number of rotatable bonds is 3. The molecule has 3 aromatic carbocycles. The Kier molecular flexibility index (Phi) is 3.65. The molecule has 4 nitrogen and oxygen atoms in total. The lowest BCUT2D eigenvalue weighted by Gasteiger charge is -2.08. The highest BCUT2D eigenvalue weighted by atomic mass is 15.0. The van der Waals surface area contributed by atoms with Crippen LogP contribution in [0.5, 0.6) is 0 Å². The molecule has 0 fully saturated rings. The number of fused-ring (bicyclic) bond motifs is 3. The second-order valence-electron chi connectivity index (χ2n) is 6.28. The Morgan fingerprint density at radius 2 is 1.64 bits per heavy atom. The molecule has 0 saturated heterocycles. The lowest BCUT2D eigenvalue weighted by molar-refractivity contribution is 0.868. The second kappa shape index (κ2) is 5.98. The summed E-state index contributed by atoms with van der Waals surface area (Å²) in [6.45, 7) is 2.89. The maximum Gasteiger partial charge on any atom is 0.173 e. The van der Waals surface area contributed by atoms with E-state index in [1.807, 2.05) is 24.3 Å². The standard InChI is InChI=1S/C21H18N4/c1-14-6-8-15(9-7-14)13-25-19-5-3-2-4-17(19)18-12-16(21(22)24-23)10-11-20(18)25/h2-12,22-23H,13H2,1H3. The van der Waals surface area contributed by atoms with Gasteiger partial charge in [-0.2, -0.15) is 0 Å². The number of nitrogens with zero attached hydrogens (tertiary/aromatic N) is 2. The van der Waals surface area contributed by atoms with E-state index in [1.54, 1.807) is 0 Å². The molecule has 0 unspecified atom stereocenters. The first-order chi connectivity index (χ1) is 12.2. The first-order valence-electron chi connectivity index (χ1n) is 8.20. The summed E-state index contributed by atoms with van der Waals surface area (Å²) in [6.07, 6.45) is 0. The molecule has 0 radical (unpaired) electrons. The summed E-state index contributed by atoms with van der Waals surface area (Å²) in [6, 6.07) is 22.8. The number of aromatic nitrogens is 1. The summed E-state index contributed by atoms with van der Waals surface area (Å²) in [7, 11) is 0. The fourth-order valence-corrected chi connectivity index (χ4v) is 3.31. The number of para-hydroxylation sites is 1. The fraction of sp³-hybridized carbons (Fsp3) is 0.0952. The van der Waals surface area contributed by atoms with Crippen LogP contribution in [0.1, 0.15) is 16.7 Å². The molecule has 2 N–H and O–H groups in total. The SMILES string of the molecule is Cc1ccc(Cn2c3ccccc3c3cc(C(=N)N=N)ccc32)cc1. The minimum Gasteiger partial charge on any atom is -0.336 e. The minimum absolute atomic E-state index is 0.0164. The zero-order chi connectivity index (χ0) is 17.4. The third kappa shape index (κ3) is 2.62. The van der Waals surface area contributed by atoms with E-state index in [4.69, 9.17) is 10.9 Å². The molecule has 122 valence electrons. The largest absolute Gasteiger partial charge is 0.336 e. The molecule has 1 aromatic heterocycles. The highest BCUT2D eigenvalue weighted by Gasteiger charge is 2.12. The zero-order valence-corrected chi connectivity index (χ0v) is 14.0. The third-order valence-corrected chi connectivity index (χ3v) is 4.62. The van der Waals surface area contributed by atoms with E-state index in [0.717, 1.165) is 22.8 Å². The smallest absolute Gasteiger partial charge is 0.173 e. The highest BCUT2D eigenvalue weighted by molar-refractivity contribution is 6.11. The topological polar surface area (TPSA) is 65.0 Å². The average molecular weight is 326 g/mol. The van der Waals surface area contributed by atoms with Gasteiger partial charge in [0, 0.05) is 33.9 Å². The molecule has 0 saturated carbocycles. The number of aryl methyl sites for hydroxylation is 1. The molecule has 4 rings (SSSR count). The van der Waals surface area contributed by atoms with Crippen LogP contribution in [0, 0.1) is 17.9 Å². The van der Waals surface area contributed by atoms with Crippen LogP contribution in [0.4, 0.5) is 0 Å². The predicted octanol–water partition coefficient (Wildman–Crippen LogP) is 5.51. The van der Waals surface area contributed by atoms with Gasteiger partial charge in [-0.3, -0.25) is 5.41 Å². The van der Waals surface area contributed by atoms with Crippen molar-refractivity contribution in [1.82, 2.24) is 4.57 Å². The van der Waals surface area contributed by atoms with Gasteiger partial charge in [-0.05, 0) is 36.8 Å². The monoisotopic (exact) mass is 326 g/mol. The summed E-state index contributed by atoms with van der Waals surface area (Å²) >= 11 is 0. The highest BCUT2D eigenvalue weighted by Crippen LogP contribution is 2.30. The van der Waals surface area contributed by atoms with E-state index in [-0.39, 0.29) is 5.84 Å². The van der Waals surface area contributed by atoms with Crippen molar-refractivity contribution in [3.8, 4) is 0 Å². The van der Waals surface area contributed by atoms with Gasteiger partial charge in [-0.15, -0.1) is 5.11 Å². The van der Waals surface area contributed by atoms with E-state index in [0.29, 0.717) is 5.56 Å². The summed E-state index contributed by atoms with van der Waals surface area (Å²) in [4.78, 5) is 0. The van der Waals surface area contributed by atoms with Crippen LogP contribution >= 0.6 is 0 Å². The Labute approximate surface area is 145 Å². The van der Waals surface area contributed by atoms with Crippen LogP contribution in [-0.4, -0.2) is 10.4 Å². The Morgan fingerprint density at radius 1 is 0.920 bits per heavy atom. The van der Waals surface area contributed by atoms with E-state index < -0.39 is 0 Å². The van der Waals surface area contributed by atoms with Crippen LogP contribution in [0.15, 0.2) is 71.8 Å². The van der Waals surface area contributed by atoms with Gasteiger partial charge in [0.2, 0.25) is 0 Å². The van der Waals surface area contributed by atoms with E-state index >= 15 is 0 Å². The molecule has 0 atom stereocenters. The van der Waals surface area contributed by atoms with E-state index in [2.05, 4.69) is 59.1 Å². The molecule has 0 spiro atoms. The molecular formula is C21H18N4. The summed E-state index contributed by atoms with van der Waals surface area (Å²) < 4.78 is 2.31. The number of hydrogen-bond donors (Lipinski definition) is 2. The normalized spacial score (nSPS) is 11.1. The number of amidine groups is 1. The quantitative estimate of drug-likeness (QED) is 0.283. The van der Waals surface area contributed by atoms with E-state index in [9.17, 15) is 0 Å². The predicted molar refractivity (Wildman–Crippen MR) is 102 cm³/mol. The molecule has 0 aliphatic carbocycles. The maximum atomic E-state index is 7.81. The van der Waals surface area contributed by atoms with Gasteiger partial charge in [-0.1, -0.05) is 48.0 Å². The van der Waals surface area contributed by atoms with Crippen molar-refractivity contribution in [2.75, 3.05) is 0 Å². The van der Waals surface area contributed by atoms with Crippen LogP contribution in [0.25, 0.3) is 21.8 Å². The van der Waals surface area contributed by atoms with Gasteiger partial charge >= 0.3 is 0 Å². The molecule has 0 aliphatic rings. The Hall–Kier alpha value is -3.27. The van der Waals surface area contributed by atoms with Crippen LogP contribution in [0.3, 0.4) is 0 Å². The van der Waals surface area contributed by atoms with Crippen molar-refractivity contribution in [2.24, 2.45) is 5.11 Å². The molecular weight excluding hydrogens is 308 g/mol. The second-order valence-corrected chi connectivity index (χ2v) is 6.28. The molecule has 0 amide bonds. The Morgan fingerprint density at radius 3 is 2.40 bits per heavy atom. The number of benzene rings is 3. The number of nitrogens with one attached hydrogen (secondary N) is 2.